The molecule has 0 N–H and O–H groups in total. The molecule has 0 saturated carbocycles. The van der Waals surface area contributed by atoms with Gasteiger partial charge >= 0.3 is 0 Å². The molecule has 0 aliphatic heterocycles. The molecule has 0 unspecified atom stereocenters. The largest absolute Gasteiger partial charge is 0.492 e. The molecular weight excluding hydrogens is 372 g/mol. The first kappa shape index (κ1) is 21.3. The molecule has 0 fully saturated rings. The highest BCUT2D eigenvalue weighted by Crippen LogP contribution is 2.43. The molecule has 3 aromatic carbocycles. The molecule has 0 bridgehead atoms. The smallest absolute Gasteiger partial charge is 0.203 e. The van der Waals surface area contributed by atoms with Crippen LogP contribution in [-0.4, -0.2) is 21.3 Å². The Morgan fingerprint density at radius 3 is 1.33 bits per heavy atom. The zero-order valence-corrected chi connectivity index (χ0v) is 17.8. The molecule has 0 amide bonds. The Hall–Kier alpha value is -3.46. The van der Waals surface area contributed by atoms with Crippen molar-refractivity contribution in [2.75, 3.05) is 21.3 Å². The molecule has 0 atom stereocenters. The summed E-state index contributed by atoms with van der Waals surface area (Å²) in [6, 6.07) is 22.7. The topological polar surface area (TPSA) is 27.7 Å². The van der Waals surface area contributed by atoms with Crippen molar-refractivity contribution in [3.63, 3.8) is 0 Å². The van der Waals surface area contributed by atoms with E-state index >= 15 is 0 Å². The van der Waals surface area contributed by atoms with Crippen molar-refractivity contribution < 1.29 is 14.2 Å². The Morgan fingerprint density at radius 2 is 0.967 bits per heavy atom. The van der Waals surface area contributed by atoms with Gasteiger partial charge in [0.2, 0.25) is 5.75 Å². The highest BCUT2D eigenvalue weighted by molar-refractivity contribution is 5.62. The van der Waals surface area contributed by atoms with E-state index in [1.807, 2.05) is 36.4 Å². The lowest BCUT2D eigenvalue weighted by Gasteiger charge is -2.18. The molecule has 3 heteroatoms. The van der Waals surface area contributed by atoms with E-state index in [2.05, 4.69) is 54.6 Å². The molecule has 0 spiro atoms. The van der Waals surface area contributed by atoms with Crippen LogP contribution in [0, 0.1) is 0 Å². The fourth-order valence-electron chi connectivity index (χ4n) is 3.44. The van der Waals surface area contributed by atoms with Gasteiger partial charge in [-0.15, -0.1) is 0 Å². The van der Waals surface area contributed by atoms with Crippen molar-refractivity contribution in [1.29, 1.82) is 0 Å². The fraction of sp³-hybridized carbons (Fsp3) is 0.185. The van der Waals surface area contributed by atoms with Crippen LogP contribution in [-0.2, 0) is 12.8 Å². The van der Waals surface area contributed by atoms with E-state index in [-0.39, 0.29) is 0 Å². The van der Waals surface area contributed by atoms with Crippen molar-refractivity contribution in [2.45, 2.75) is 12.8 Å². The molecular formula is C27H28O3. The molecule has 0 aromatic heterocycles. The van der Waals surface area contributed by atoms with Crippen molar-refractivity contribution in [3.8, 4) is 17.2 Å². The lowest BCUT2D eigenvalue weighted by molar-refractivity contribution is 0.321. The Morgan fingerprint density at radius 1 is 0.567 bits per heavy atom. The molecule has 3 rings (SSSR count). The van der Waals surface area contributed by atoms with Gasteiger partial charge in [-0.25, -0.2) is 0 Å². The monoisotopic (exact) mass is 400 g/mol. The van der Waals surface area contributed by atoms with Crippen molar-refractivity contribution >= 4 is 12.2 Å². The van der Waals surface area contributed by atoms with Crippen LogP contribution in [0.5, 0.6) is 17.2 Å². The summed E-state index contributed by atoms with van der Waals surface area (Å²) >= 11 is 0. The molecule has 3 nitrogen and oxygen atoms in total. The third kappa shape index (κ3) is 5.32. The summed E-state index contributed by atoms with van der Waals surface area (Å²) in [7, 11) is 4.97. The van der Waals surface area contributed by atoms with Crippen LogP contribution in [0.2, 0.25) is 0 Å². The maximum atomic E-state index is 5.68. The van der Waals surface area contributed by atoms with Crippen LogP contribution in [0.3, 0.4) is 0 Å². The van der Waals surface area contributed by atoms with E-state index in [0.717, 1.165) is 24.0 Å². The van der Waals surface area contributed by atoms with Gasteiger partial charge in [0.05, 0.1) is 21.3 Å². The highest BCUT2D eigenvalue weighted by atomic mass is 16.5. The SMILES string of the molecule is COc1c(C/C=C/c2ccccc2)cc(C/C=C/c2ccccc2)c(OC)c1OC. The molecule has 0 aliphatic rings. The lowest BCUT2D eigenvalue weighted by Crippen LogP contribution is -2.02. The predicted molar refractivity (Wildman–Crippen MR) is 124 cm³/mol. The highest BCUT2D eigenvalue weighted by Gasteiger charge is 2.19. The second kappa shape index (κ2) is 10.9. The van der Waals surface area contributed by atoms with Gasteiger partial charge in [-0.1, -0.05) is 85.0 Å². The number of hydrogen-bond donors (Lipinski definition) is 0. The quantitative estimate of drug-likeness (QED) is 0.426. The third-order valence-electron chi connectivity index (χ3n) is 4.85. The minimum atomic E-state index is 0.633. The van der Waals surface area contributed by atoms with E-state index in [1.54, 1.807) is 21.3 Å². The van der Waals surface area contributed by atoms with Gasteiger partial charge in [0, 0.05) is 11.1 Å². The second-order valence-electron chi connectivity index (χ2n) is 6.83. The number of methoxy groups -OCH3 is 3. The summed E-state index contributed by atoms with van der Waals surface area (Å²) in [6.07, 6.45) is 9.98. The zero-order valence-electron chi connectivity index (χ0n) is 17.8. The standard InChI is InChI=1S/C27H28O3/c1-28-25-23(18-10-16-21-12-6-4-7-13-21)20-24(26(29-2)27(25)30-3)19-11-17-22-14-8-5-9-15-22/h4-17,20H,18-19H2,1-3H3/b16-10+,17-11+. The third-order valence-corrected chi connectivity index (χ3v) is 4.85. The maximum Gasteiger partial charge on any atom is 0.203 e. The number of allylic oxidation sites excluding steroid dienone is 2. The number of hydrogen-bond acceptors (Lipinski definition) is 3. The van der Waals surface area contributed by atoms with E-state index in [1.165, 1.54) is 11.1 Å². The van der Waals surface area contributed by atoms with Crippen LogP contribution in [0.4, 0.5) is 0 Å². The molecule has 3 aromatic rings. The van der Waals surface area contributed by atoms with Gasteiger partial charge < -0.3 is 14.2 Å². The zero-order chi connectivity index (χ0) is 21.2. The van der Waals surface area contributed by atoms with Crippen molar-refractivity contribution in [2.24, 2.45) is 0 Å². The second-order valence-corrected chi connectivity index (χ2v) is 6.83. The van der Waals surface area contributed by atoms with Crippen LogP contribution in [0.25, 0.3) is 12.2 Å². The van der Waals surface area contributed by atoms with Crippen molar-refractivity contribution in [3.05, 3.63) is 101 Å². The Bertz CT molecular complexity index is 912. The van der Waals surface area contributed by atoms with Crippen LogP contribution < -0.4 is 14.2 Å². The molecule has 30 heavy (non-hydrogen) atoms. The van der Waals surface area contributed by atoms with Crippen LogP contribution >= 0.6 is 0 Å². The number of ether oxygens (including phenoxy) is 3. The minimum absolute atomic E-state index is 0.633. The average molecular weight is 401 g/mol. The molecule has 0 aliphatic carbocycles. The average Bonchev–Trinajstić information content (AvgIpc) is 2.80. The Labute approximate surface area is 179 Å². The number of rotatable bonds is 9. The first-order valence-corrected chi connectivity index (χ1v) is 10.0. The van der Waals surface area contributed by atoms with Gasteiger partial charge in [0.15, 0.2) is 11.5 Å². The van der Waals surface area contributed by atoms with Gasteiger partial charge in [-0.2, -0.15) is 0 Å². The minimum Gasteiger partial charge on any atom is -0.492 e. The predicted octanol–water partition coefficient (Wildman–Crippen LogP) is 6.22. The summed E-state index contributed by atoms with van der Waals surface area (Å²) in [5.74, 6) is 2.06. The van der Waals surface area contributed by atoms with E-state index < -0.39 is 0 Å². The maximum absolute atomic E-state index is 5.68. The summed E-state index contributed by atoms with van der Waals surface area (Å²) < 4.78 is 17.0. The van der Waals surface area contributed by atoms with Gasteiger partial charge in [-0.05, 0) is 30.0 Å². The molecule has 0 saturated heterocycles. The Kier molecular flexibility index (Phi) is 7.73. The van der Waals surface area contributed by atoms with Crippen LogP contribution in [0.15, 0.2) is 78.9 Å². The lowest BCUT2D eigenvalue weighted by atomic mass is 10.0. The molecule has 0 heterocycles. The fourth-order valence-corrected chi connectivity index (χ4v) is 3.44. The van der Waals surface area contributed by atoms with Crippen LogP contribution in [0.1, 0.15) is 22.3 Å². The Balaban J connectivity index is 1.90. The summed E-state index contributed by atoms with van der Waals surface area (Å²) in [5, 5.41) is 0. The summed E-state index contributed by atoms with van der Waals surface area (Å²) in [6.45, 7) is 0. The summed E-state index contributed by atoms with van der Waals surface area (Å²) in [4.78, 5) is 0. The first-order chi connectivity index (χ1) is 14.8. The van der Waals surface area contributed by atoms with E-state index in [0.29, 0.717) is 17.2 Å². The van der Waals surface area contributed by atoms with Crippen molar-refractivity contribution in [1.82, 2.24) is 0 Å². The molecule has 154 valence electrons. The van der Waals surface area contributed by atoms with E-state index in [4.69, 9.17) is 14.2 Å². The summed E-state index contributed by atoms with van der Waals surface area (Å²) in [5.41, 5.74) is 4.46. The van der Waals surface area contributed by atoms with E-state index in [9.17, 15) is 0 Å². The van der Waals surface area contributed by atoms with Gasteiger partial charge in [-0.3, -0.25) is 0 Å². The number of benzene rings is 3. The first-order valence-electron chi connectivity index (χ1n) is 10.0. The van der Waals surface area contributed by atoms with Gasteiger partial charge in [0.25, 0.3) is 0 Å². The normalized spacial score (nSPS) is 11.2. The van der Waals surface area contributed by atoms with Gasteiger partial charge in [0.1, 0.15) is 0 Å². The molecule has 0 radical (unpaired) electrons.